The molecule has 0 fully saturated rings. The van der Waals surface area contributed by atoms with Crippen LogP contribution in [0.5, 0.6) is 5.75 Å². The highest BCUT2D eigenvalue weighted by molar-refractivity contribution is 14.1. The minimum Gasteiger partial charge on any atom is -0.492 e. The standard InChI is InChI=1S/C15H18IN3O2/c1-2-8-18(15(20)19-9-7-17-12-19)10-11-21-14-5-3-13(16)4-6-14/h3-7,9,12H,2,8,10-11H2,1H3. The minimum absolute atomic E-state index is 0.0689. The first-order valence-corrected chi connectivity index (χ1v) is 7.94. The van der Waals surface area contributed by atoms with Crippen LogP contribution >= 0.6 is 22.6 Å². The maximum atomic E-state index is 12.3. The number of benzene rings is 1. The molecule has 21 heavy (non-hydrogen) atoms. The summed E-state index contributed by atoms with van der Waals surface area (Å²) in [6.07, 6.45) is 5.68. The first-order chi connectivity index (χ1) is 10.2. The Morgan fingerprint density at radius 3 is 2.71 bits per heavy atom. The van der Waals surface area contributed by atoms with Crippen molar-refractivity contribution in [1.29, 1.82) is 0 Å². The molecule has 1 aromatic carbocycles. The molecular formula is C15H18IN3O2. The molecule has 0 N–H and O–H groups in total. The number of hydrogen-bond acceptors (Lipinski definition) is 3. The van der Waals surface area contributed by atoms with E-state index >= 15 is 0 Å². The largest absolute Gasteiger partial charge is 0.492 e. The molecule has 1 heterocycles. The normalized spacial score (nSPS) is 10.4. The predicted molar refractivity (Wildman–Crippen MR) is 89.5 cm³/mol. The molecule has 0 saturated carbocycles. The summed E-state index contributed by atoms with van der Waals surface area (Å²) in [5.74, 6) is 0.821. The summed E-state index contributed by atoms with van der Waals surface area (Å²) in [7, 11) is 0. The van der Waals surface area contributed by atoms with Gasteiger partial charge in [0, 0.05) is 22.5 Å². The van der Waals surface area contributed by atoms with Crippen LogP contribution in [0.25, 0.3) is 0 Å². The highest BCUT2D eigenvalue weighted by Gasteiger charge is 2.14. The van der Waals surface area contributed by atoms with E-state index in [-0.39, 0.29) is 6.03 Å². The van der Waals surface area contributed by atoms with Gasteiger partial charge in [-0.25, -0.2) is 9.78 Å². The predicted octanol–water partition coefficient (Wildman–Crippen LogP) is 3.25. The molecule has 0 aliphatic carbocycles. The molecule has 0 radical (unpaired) electrons. The number of ether oxygens (including phenoxy) is 1. The molecule has 0 unspecified atom stereocenters. The molecule has 0 aliphatic rings. The van der Waals surface area contributed by atoms with Gasteiger partial charge in [0.15, 0.2) is 0 Å². The number of amides is 1. The number of halogens is 1. The molecule has 1 amide bonds. The quantitative estimate of drug-likeness (QED) is 0.701. The van der Waals surface area contributed by atoms with Gasteiger partial charge in [0.05, 0.1) is 6.54 Å². The first kappa shape index (κ1) is 15.8. The van der Waals surface area contributed by atoms with E-state index in [1.165, 1.54) is 14.5 Å². The van der Waals surface area contributed by atoms with Gasteiger partial charge in [-0.05, 0) is 53.3 Å². The number of imidazole rings is 1. The van der Waals surface area contributed by atoms with Crippen molar-refractivity contribution in [2.45, 2.75) is 13.3 Å². The Labute approximate surface area is 138 Å². The van der Waals surface area contributed by atoms with Gasteiger partial charge in [-0.15, -0.1) is 0 Å². The van der Waals surface area contributed by atoms with Crippen molar-refractivity contribution in [2.75, 3.05) is 19.7 Å². The van der Waals surface area contributed by atoms with Crippen LogP contribution in [-0.2, 0) is 0 Å². The molecule has 5 nitrogen and oxygen atoms in total. The Morgan fingerprint density at radius 1 is 1.33 bits per heavy atom. The van der Waals surface area contributed by atoms with Crippen molar-refractivity contribution in [3.8, 4) is 5.75 Å². The zero-order chi connectivity index (χ0) is 15.1. The van der Waals surface area contributed by atoms with Gasteiger partial charge >= 0.3 is 6.03 Å². The van der Waals surface area contributed by atoms with Crippen LogP contribution in [0, 0.1) is 3.57 Å². The van der Waals surface area contributed by atoms with Crippen molar-refractivity contribution in [2.24, 2.45) is 0 Å². The number of carbonyl (C=O) groups is 1. The van der Waals surface area contributed by atoms with Gasteiger partial charge < -0.3 is 9.64 Å². The summed E-state index contributed by atoms with van der Waals surface area (Å²) in [6, 6.07) is 7.79. The van der Waals surface area contributed by atoms with Crippen molar-refractivity contribution in [1.82, 2.24) is 14.5 Å². The van der Waals surface area contributed by atoms with Gasteiger partial charge in [-0.2, -0.15) is 0 Å². The SMILES string of the molecule is CCCN(CCOc1ccc(I)cc1)C(=O)n1ccnc1. The summed E-state index contributed by atoms with van der Waals surface area (Å²) in [4.78, 5) is 18.0. The number of hydrogen-bond donors (Lipinski definition) is 0. The number of carbonyl (C=O) groups excluding carboxylic acids is 1. The van der Waals surface area contributed by atoms with Crippen LogP contribution in [0.15, 0.2) is 43.0 Å². The van der Waals surface area contributed by atoms with Gasteiger partial charge in [-0.3, -0.25) is 4.57 Å². The molecule has 0 spiro atoms. The van der Waals surface area contributed by atoms with E-state index in [0.29, 0.717) is 19.7 Å². The average molecular weight is 399 g/mol. The van der Waals surface area contributed by atoms with Crippen molar-refractivity contribution in [3.05, 3.63) is 46.6 Å². The average Bonchev–Trinajstić information content (AvgIpc) is 3.02. The molecule has 0 saturated heterocycles. The maximum absolute atomic E-state index is 12.3. The van der Waals surface area contributed by atoms with E-state index in [1.807, 2.05) is 31.2 Å². The van der Waals surface area contributed by atoms with Crippen LogP contribution < -0.4 is 4.74 Å². The van der Waals surface area contributed by atoms with Crippen LogP contribution in [0.4, 0.5) is 4.79 Å². The van der Waals surface area contributed by atoms with E-state index in [4.69, 9.17) is 4.74 Å². The smallest absolute Gasteiger partial charge is 0.329 e. The molecule has 6 heteroatoms. The lowest BCUT2D eigenvalue weighted by Crippen LogP contribution is -2.37. The molecule has 2 rings (SSSR count). The van der Waals surface area contributed by atoms with Gasteiger partial charge in [-0.1, -0.05) is 6.92 Å². The first-order valence-electron chi connectivity index (χ1n) is 6.86. The van der Waals surface area contributed by atoms with Crippen LogP contribution in [0.3, 0.4) is 0 Å². The Kier molecular flexibility index (Phi) is 6.04. The van der Waals surface area contributed by atoms with Crippen LogP contribution in [0.2, 0.25) is 0 Å². The fraction of sp³-hybridized carbons (Fsp3) is 0.333. The van der Waals surface area contributed by atoms with Crippen LogP contribution in [-0.4, -0.2) is 40.2 Å². The number of aromatic nitrogens is 2. The molecular weight excluding hydrogens is 381 g/mol. The van der Waals surface area contributed by atoms with Crippen molar-refractivity contribution < 1.29 is 9.53 Å². The lowest BCUT2D eigenvalue weighted by atomic mass is 10.3. The van der Waals surface area contributed by atoms with Crippen LogP contribution in [0.1, 0.15) is 13.3 Å². The van der Waals surface area contributed by atoms with Gasteiger partial charge in [0.2, 0.25) is 0 Å². The molecule has 1 aromatic heterocycles. The van der Waals surface area contributed by atoms with Crippen molar-refractivity contribution >= 4 is 28.6 Å². The summed E-state index contributed by atoms with van der Waals surface area (Å²) < 4.78 is 8.34. The Hall–Kier alpha value is -1.57. The van der Waals surface area contributed by atoms with Crippen molar-refractivity contribution in [3.63, 3.8) is 0 Å². The lowest BCUT2D eigenvalue weighted by Gasteiger charge is -2.22. The zero-order valence-electron chi connectivity index (χ0n) is 11.9. The second-order valence-electron chi connectivity index (χ2n) is 4.54. The molecule has 0 bridgehead atoms. The minimum atomic E-state index is -0.0689. The third-order valence-electron chi connectivity index (χ3n) is 2.93. The third-order valence-corrected chi connectivity index (χ3v) is 3.65. The lowest BCUT2D eigenvalue weighted by molar-refractivity contribution is 0.184. The molecule has 0 atom stereocenters. The Bertz CT molecular complexity index is 555. The van der Waals surface area contributed by atoms with E-state index in [2.05, 4.69) is 27.6 Å². The highest BCUT2D eigenvalue weighted by Crippen LogP contribution is 2.13. The summed E-state index contributed by atoms with van der Waals surface area (Å²) >= 11 is 2.25. The zero-order valence-corrected chi connectivity index (χ0v) is 14.1. The Balaban J connectivity index is 1.88. The molecule has 0 aliphatic heterocycles. The fourth-order valence-electron chi connectivity index (χ4n) is 1.91. The molecule has 2 aromatic rings. The van der Waals surface area contributed by atoms with E-state index in [9.17, 15) is 4.79 Å². The summed E-state index contributed by atoms with van der Waals surface area (Å²) in [5, 5.41) is 0. The second-order valence-corrected chi connectivity index (χ2v) is 5.79. The topological polar surface area (TPSA) is 47.4 Å². The number of rotatable bonds is 6. The number of nitrogens with zero attached hydrogens (tertiary/aromatic N) is 3. The van der Waals surface area contributed by atoms with E-state index in [1.54, 1.807) is 17.3 Å². The highest BCUT2D eigenvalue weighted by atomic mass is 127. The second kappa shape index (κ2) is 8.02. The Morgan fingerprint density at radius 2 is 2.10 bits per heavy atom. The van der Waals surface area contributed by atoms with Gasteiger partial charge in [0.1, 0.15) is 18.7 Å². The maximum Gasteiger partial charge on any atom is 0.329 e. The summed E-state index contributed by atoms with van der Waals surface area (Å²) in [6.45, 7) is 3.78. The third kappa shape index (κ3) is 4.73. The van der Waals surface area contributed by atoms with E-state index < -0.39 is 0 Å². The van der Waals surface area contributed by atoms with E-state index in [0.717, 1.165) is 12.2 Å². The summed E-state index contributed by atoms with van der Waals surface area (Å²) in [5.41, 5.74) is 0. The molecule has 112 valence electrons. The monoisotopic (exact) mass is 399 g/mol. The van der Waals surface area contributed by atoms with Gasteiger partial charge in [0.25, 0.3) is 0 Å². The fourth-order valence-corrected chi connectivity index (χ4v) is 2.27.